The molecule has 0 radical (unpaired) electrons. The van der Waals surface area contributed by atoms with Crippen LogP contribution in [0.25, 0.3) is 0 Å². The quantitative estimate of drug-likeness (QED) is 0.163. The second-order valence-corrected chi connectivity index (χ2v) is 15.5. The van der Waals surface area contributed by atoms with Gasteiger partial charge in [-0.1, -0.05) is 57.9 Å². The summed E-state index contributed by atoms with van der Waals surface area (Å²) in [4.78, 5) is 40.7. The molecule has 1 heterocycles. The summed E-state index contributed by atoms with van der Waals surface area (Å²) in [6.45, 7) is 8.67. The lowest BCUT2D eigenvalue weighted by atomic mass is 9.99. The van der Waals surface area contributed by atoms with Crippen LogP contribution in [0.5, 0.6) is 0 Å². The van der Waals surface area contributed by atoms with E-state index in [0.29, 0.717) is 38.3 Å². The van der Waals surface area contributed by atoms with Gasteiger partial charge in [-0.3, -0.25) is 14.5 Å². The second kappa shape index (κ2) is 17.3. The normalized spacial score (nSPS) is 16.6. The molecule has 3 rings (SSSR count). The highest BCUT2D eigenvalue weighted by Crippen LogP contribution is 2.23. The standard InChI is InChI=1S/C35H50F2N4O6S/c1-6-10-29(11-7-2)48(46,47)22-26(21-41-33(44)35(4,5)40-34(41)45)32(43)39-30(17-25-15-27(36)18-28(37)16-25)31(42)20-38-19-24-13-9-12-23(8-3)14-24/h9,12-16,18,26,29-31,38,42H,6-8,10-11,17,19-22H2,1-5H3,(H,39,43)(H,40,45)/t26?,30-,31-/m0/s1. The molecule has 48 heavy (non-hydrogen) atoms. The van der Waals surface area contributed by atoms with E-state index in [-0.39, 0.29) is 18.5 Å². The summed E-state index contributed by atoms with van der Waals surface area (Å²) in [5.41, 5.74) is 1.04. The molecule has 4 amide bonds. The van der Waals surface area contributed by atoms with Crippen molar-refractivity contribution < 1.29 is 36.7 Å². The average Bonchev–Trinajstić information content (AvgIpc) is 3.20. The Kier molecular flexibility index (Phi) is 14.1. The van der Waals surface area contributed by atoms with Crippen LogP contribution in [0.3, 0.4) is 0 Å². The predicted octanol–water partition coefficient (Wildman–Crippen LogP) is 4.04. The lowest BCUT2D eigenvalue weighted by Crippen LogP contribution is -2.53. The number of halogens is 2. The van der Waals surface area contributed by atoms with Crippen LogP contribution in [-0.2, 0) is 38.8 Å². The largest absolute Gasteiger partial charge is 0.390 e. The number of carbonyl (C=O) groups is 3. The predicted molar refractivity (Wildman–Crippen MR) is 181 cm³/mol. The number of aryl methyl sites for hydroxylation is 1. The van der Waals surface area contributed by atoms with Crippen molar-refractivity contribution in [2.45, 2.75) is 103 Å². The molecule has 0 saturated carbocycles. The first-order valence-corrected chi connectivity index (χ1v) is 18.4. The molecule has 1 fully saturated rings. The zero-order chi connectivity index (χ0) is 35.6. The first-order valence-electron chi connectivity index (χ1n) is 16.7. The number of carbonyl (C=O) groups excluding carboxylic acids is 3. The number of nitrogens with zero attached hydrogens (tertiary/aromatic N) is 1. The van der Waals surface area contributed by atoms with Gasteiger partial charge >= 0.3 is 6.03 Å². The fraction of sp³-hybridized carbons (Fsp3) is 0.571. The number of sulfone groups is 1. The van der Waals surface area contributed by atoms with Gasteiger partial charge in [0.25, 0.3) is 5.91 Å². The van der Waals surface area contributed by atoms with Gasteiger partial charge in [0.05, 0.1) is 29.1 Å². The van der Waals surface area contributed by atoms with E-state index in [2.05, 4.69) is 16.0 Å². The van der Waals surface area contributed by atoms with Gasteiger partial charge in [-0.2, -0.15) is 0 Å². The van der Waals surface area contributed by atoms with Crippen molar-refractivity contribution in [2.75, 3.05) is 18.8 Å². The van der Waals surface area contributed by atoms with E-state index in [1.54, 1.807) is 0 Å². The Balaban J connectivity index is 1.90. The van der Waals surface area contributed by atoms with Gasteiger partial charge in [0.2, 0.25) is 5.91 Å². The van der Waals surface area contributed by atoms with Crippen molar-refractivity contribution in [1.29, 1.82) is 0 Å². The number of amides is 4. The molecule has 1 saturated heterocycles. The highest BCUT2D eigenvalue weighted by atomic mass is 32.2. The number of benzene rings is 2. The average molecular weight is 693 g/mol. The summed E-state index contributed by atoms with van der Waals surface area (Å²) >= 11 is 0. The van der Waals surface area contributed by atoms with Crippen molar-refractivity contribution in [3.8, 4) is 0 Å². The molecule has 1 aliphatic rings. The first kappa shape index (κ1) is 39.0. The van der Waals surface area contributed by atoms with Crippen molar-refractivity contribution in [2.24, 2.45) is 5.92 Å². The van der Waals surface area contributed by atoms with Gasteiger partial charge in [-0.25, -0.2) is 22.0 Å². The summed E-state index contributed by atoms with van der Waals surface area (Å²) in [5.74, 6) is -5.09. The molecule has 1 unspecified atom stereocenters. The summed E-state index contributed by atoms with van der Waals surface area (Å²) in [6.07, 6.45) is 1.39. The summed E-state index contributed by atoms with van der Waals surface area (Å²) in [7, 11) is -3.88. The van der Waals surface area contributed by atoms with Crippen LogP contribution in [-0.4, -0.2) is 78.0 Å². The third kappa shape index (κ3) is 10.8. The van der Waals surface area contributed by atoms with Crippen molar-refractivity contribution >= 4 is 27.7 Å². The Bertz CT molecular complexity index is 1510. The Labute approximate surface area is 283 Å². The van der Waals surface area contributed by atoms with E-state index in [1.165, 1.54) is 13.8 Å². The Hall–Kier alpha value is -3.42. The van der Waals surface area contributed by atoms with Crippen molar-refractivity contribution in [1.82, 2.24) is 20.9 Å². The topological polar surface area (TPSA) is 145 Å². The number of nitrogens with one attached hydrogen (secondary N) is 3. The molecule has 0 aromatic heterocycles. The minimum Gasteiger partial charge on any atom is -0.390 e. The van der Waals surface area contributed by atoms with Crippen molar-refractivity contribution in [3.63, 3.8) is 0 Å². The fourth-order valence-corrected chi connectivity index (χ4v) is 8.29. The number of hydrogen-bond donors (Lipinski definition) is 4. The van der Waals surface area contributed by atoms with E-state index in [0.717, 1.165) is 34.6 Å². The summed E-state index contributed by atoms with van der Waals surface area (Å²) in [5, 5.41) is 19.0. The van der Waals surface area contributed by atoms with Crippen LogP contribution in [0.2, 0.25) is 0 Å². The van der Waals surface area contributed by atoms with Gasteiger partial charge in [0, 0.05) is 25.7 Å². The Morgan fingerprint density at radius 3 is 2.17 bits per heavy atom. The van der Waals surface area contributed by atoms with Crippen LogP contribution in [0.1, 0.15) is 77.0 Å². The molecule has 1 aliphatic heterocycles. The summed E-state index contributed by atoms with van der Waals surface area (Å²) in [6, 6.07) is 8.93. The minimum absolute atomic E-state index is 0.0155. The van der Waals surface area contributed by atoms with Crippen molar-refractivity contribution in [3.05, 3.63) is 70.8 Å². The maximum atomic E-state index is 14.1. The Morgan fingerprint density at radius 2 is 1.60 bits per heavy atom. The molecule has 0 spiro atoms. The Morgan fingerprint density at radius 1 is 0.979 bits per heavy atom. The molecule has 10 nitrogen and oxygen atoms in total. The zero-order valence-corrected chi connectivity index (χ0v) is 29.3. The number of aliphatic hydroxyl groups excluding tert-OH is 1. The molecule has 13 heteroatoms. The SMILES string of the molecule is CCCC(CCC)S(=O)(=O)CC(CN1C(=O)NC(C)(C)C1=O)C(=O)N[C@@H](Cc1cc(F)cc(F)c1)[C@@H](O)CNCc1cccc(CC)c1. The number of imide groups is 1. The number of urea groups is 1. The molecule has 3 atom stereocenters. The van der Waals surface area contributed by atoms with Gasteiger partial charge in [0.1, 0.15) is 17.2 Å². The third-order valence-electron chi connectivity index (χ3n) is 8.63. The lowest BCUT2D eigenvalue weighted by Gasteiger charge is -2.29. The molecular formula is C35H50F2N4O6S. The molecule has 2 aromatic carbocycles. The number of aliphatic hydroxyl groups is 1. The minimum atomic E-state index is -3.88. The van der Waals surface area contributed by atoms with Gasteiger partial charge < -0.3 is 21.1 Å². The van der Waals surface area contributed by atoms with E-state index >= 15 is 0 Å². The molecular weight excluding hydrogens is 642 g/mol. The maximum absolute atomic E-state index is 14.1. The van der Waals surface area contributed by atoms with Crippen LogP contribution >= 0.6 is 0 Å². The van der Waals surface area contributed by atoms with Gasteiger partial charge in [-0.05, 0) is 68.4 Å². The molecule has 4 N–H and O–H groups in total. The highest BCUT2D eigenvalue weighted by molar-refractivity contribution is 7.92. The fourth-order valence-electron chi connectivity index (χ4n) is 6.01. The van der Waals surface area contributed by atoms with Crippen LogP contribution in [0, 0.1) is 17.6 Å². The smallest absolute Gasteiger partial charge is 0.325 e. The van der Waals surface area contributed by atoms with E-state index in [4.69, 9.17) is 0 Å². The van der Waals surface area contributed by atoms with E-state index in [1.807, 2.05) is 45.0 Å². The lowest BCUT2D eigenvalue weighted by molar-refractivity contribution is -0.132. The molecule has 266 valence electrons. The first-order chi connectivity index (χ1) is 22.6. The van der Waals surface area contributed by atoms with Crippen LogP contribution < -0.4 is 16.0 Å². The van der Waals surface area contributed by atoms with Crippen LogP contribution in [0.4, 0.5) is 13.6 Å². The molecule has 0 bridgehead atoms. The number of rotatable bonds is 19. The maximum Gasteiger partial charge on any atom is 0.325 e. The summed E-state index contributed by atoms with van der Waals surface area (Å²) < 4.78 is 55.6. The van der Waals surface area contributed by atoms with E-state index < -0.39 is 80.5 Å². The third-order valence-corrected chi connectivity index (χ3v) is 11.0. The zero-order valence-electron chi connectivity index (χ0n) is 28.5. The second-order valence-electron chi connectivity index (χ2n) is 13.2. The highest BCUT2D eigenvalue weighted by Gasteiger charge is 2.46. The monoisotopic (exact) mass is 692 g/mol. The molecule has 0 aliphatic carbocycles. The number of hydrogen-bond acceptors (Lipinski definition) is 7. The molecule has 2 aromatic rings. The van der Waals surface area contributed by atoms with Crippen LogP contribution in [0.15, 0.2) is 42.5 Å². The van der Waals surface area contributed by atoms with Gasteiger partial charge in [-0.15, -0.1) is 0 Å². The van der Waals surface area contributed by atoms with E-state index in [9.17, 15) is 36.7 Å². The van der Waals surface area contributed by atoms with Gasteiger partial charge in [0.15, 0.2) is 9.84 Å².